The summed E-state index contributed by atoms with van der Waals surface area (Å²) in [6.07, 6.45) is -1.00. The zero-order chi connectivity index (χ0) is 28.8. The van der Waals surface area contributed by atoms with Crippen molar-refractivity contribution in [3.05, 3.63) is 12.3 Å². The van der Waals surface area contributed by atoms with Gasteiger partial charge in [0.2, 0.25) is 11.6 Å². The summed E-state index contributed by atoms with van der Waals surface area (Å²) in [5, 5.41) is 0. The standard InChI is InChI=1S/C27H46FNO6Si3/c1-18(2)37(19(3)4)32-17-23-25(34-38(35-37,20(5)6)21(7)8)27(28,13-15-36(9,10)11)26(33-23)29-14-12-22(30)16-24(29)31/h12,14,18-21,23,25-26H,16-17H2,1-11H3/t23-,25-,26-,27-/m1/s1. The van der Waals surface area contributed by atoms with E-state index in [0.717, 1.165) is 0 Å². The number of halogens is 1. The molecule has 0 N–H and O–H groups in total. The Bertz CT molecular complexity index is 999. The fourth-order valence-corrected chi connectivity index (χ4v) is 17.4. The summed E-state index contributed by atoms with van der Waals surface area (Å²) in [5.41, 5.74) is 1.09. The van der Waals surface area contributed by atoms with E-state index >= 15 is 4.39 Å². The van der Waals surface area contributed by atoms with E-state index in [9.17, 15) is 9.59 Å². The van der Waals surface area contributed by atoms with Crippen molar-refractivity contribution in [3.8, 4) is 11.5 Å². The molecule has 11 heteroatoms. The van der Waals surface area contributed by atoms with E-state index in [-0.39, 0.29) is 41.0 Å². The molecule has 1 amide bonds. The van der Waals surface area contributed by atoms with Crippen LogP contribution in [0.1, 0.15) is 61.8 Å². The Hall–Kier alpha value is -1.14. The van der Waals surface area contributed by atoms with Crippen molar-refractivity contribution >= 4 is 36.9 Å². The molecule has 4 atom stereocenters. The predicted molar refractivity (Wildman–Crippen MR) is 153 cm³/mol. The minimum Gasteiger partial charge on any atom is -0.414 e. The van der Waals surface area contributed by atoms with Gasteiger partial charge in [-0.2, -0.15) is 0 Å². The van der Waals surface area contributed by atoms with E-state index in [4.69, 9.17) is 17.7 Å². The molecule has 2 fully saturated rings. The molecule has 0 spiro atoms. The molecule has 0 bridgehead atoms. The van der Waals surface area contributed by atoms with Gasteiger partial charge in [0.25, 0.3) is 0 Å². The van der Waals surface area contributed by atoms with Crippen LogP contribution in [0.4, 0.5) is 4.39 Å². The van der Waals surface area contributed by atoms with Gasteiger partial charge in [0.05, 0.1) is 13.0 Å². The van der Waals surface area contributed by atoms with Crippen molar-refractivity contribution in [2.75, 3.05) is 6.61 Å². The molecule has 0 aromatic rings. The Kier molecular flexibility index (Phi) is 9.11. The van der Waals surface area contributed by atoms with Gasteiger partial charge in [-0.15, -0.1) is 5.54 Å². The molecule has 214 valence electrons. The first-order valence-corrected chi connectivity index (χ1v) is 21.3. The van der Waals surface area contributed by atoms with E-state index < -0.39 is 55.2 Å². The molecule has 3 rings (SSSR count). The fourth-order valence-electron chi connectivity index (χ4n) is 5.60. The van der Waals surface area contributed by atoms with E-state index in [1.807, 2.05) is 19.6 Å². The average Bonchev–Trinajstić information content (AvgIpc) is 3.02. The topological polar surface area (TPSA) is 74.3 Å². The van der Waals surface area contributed by atoms with Crippen molar-refractivity contribution in [1.82, 2.24) is 4.90 Å². The third kappa shape index (κ3) is 5.68. The van der Waals surface area contributed by atoms with Crippen molar-refractivity contribution < 1.29 is 31.7 Å². The number of rotatable bonds is 5. The second-order valence-corrected chi connectivity index (χ2v) is 26.7. The molecular formula is C27H46FNO6Si3. The number of amides is 1. The van der Waals surface area contributed by atoms with Crippen molar-refractivity contribution in [2.45, 2.75) is 128 Å². The Balaban J connectivity index is 2.23. The molecule has 0 unspecified atom stereocenters. The van der Waals surface area contributed by atoms with Gasteiger partial charge in [0, 0.05) is 6.20 Å². The monoisotopic (exact) mass is 583 g/mol. The number of ether oxygens (including phenoxy) is 1. The highest BCUT2D eigenvalue weighted by atomic mass is 28.5. The molecule has 0 aromatic carbocycles. The number of fused-ring (bicyclic) bond motifs is 1. The summed E-state index contributed by atoms with van der Waals surface area (Å²) < 4.78 is 44.9. The molecule has 0 aliphatic carbocycles. The second-order valence-electron chi connectivity index (χ2n) is 13.1. The van der Waals surface area contributed by atoms with E-state index in [1.165, 1.54) is 17.2 Å². The third-order valence-electron chi connectivity index (χ3n) is 7.65. The second kappa shape index (κ2) is 11.0. The number of hydrogen-bond acceptors (Lipinski definition) is 6. The number of allylic oxidation sites excluding steroid dienone is 1. The van der Waals surface area contributed by atoms with Crippen LogP contribution >= 0.6 is 0 Å². The zero-order valence-electron chi connectivity index (χ0n) is 24.9. The van der Waals surface area contributed by atoms with Crippen LogP contribution < -0.4 is 0 Å². The molecule has 3 aliphatic rings. The smallest absolute Gasteiger partial charge is 0.335 e. The van der Waals surface area contributed by atoms with Crippen molar-refractivity contribution in [1.29, 1.82) is 0 Å². The maximum atomic E-state index is 17.6. The normalized spacial score (nSPS) is 31.5. The van der Waals surface area contributed by atoms with E-state index in [2.05, 4.69) is 66.9 Å². The Morgan fingerprint density at radius 3 is 2.03 bits per heavy atom. The van der Waals surface area contributed by atoms with Crippen LogP contribution in [0.5, 0.6) is 0 Å². The summed E-state index contributed by atoms with van der Waals surface area (Å²) in [6, 6.07) is 0. The van der Waals surface area contributed by atoms with Crippen LogP contribution in [-0.2, 0) is 27.3 Å². The molecular weight excluding hydrogens is 538 g/mol. The zero-order valence-corrected chi connectivity index (χ0v) is 27.9. The summed E-state index contributed by atoms with van der Waals surface area (Å²) in [6.45, 7) is 23.0. The Morgan fingerprint density at radius 1 is 1.00 bits per heavy atom. The number of carbonyl (C=O) groups is 2. The van der Waals surface area contributed by atoms with Crippen LogP contribution in [0.2, 0.25) is 41.8 Å². The molecule has 38 heavy (non-hydrogen) atoms. The number of carbonyl (C=O) groups excluding carboxylic acids is 2. The summed E-state index contributed by atoms with van der Waals surface area (Å²) >= 11 is 0. The van der Waals surface area contributed by atoms with Gasteiger partial charge in [-0.25, -0.2) is 4.39 Å². The third-order valence-corrected chi connectivity index (χ3v) is 18.8. The summed E-state index contributed by atoms with van der Waals surface area (Å²) in [4.78, 5) is 26.0. The lowest BCUT2D eigenvalue weighted by atomic mass is 9.96. The predicted octanol–water partition coefficient (Wildman–Crippen LogP) is 5.57. The largest absolute Gasteiger partial charge is 0.414 e. The maximum Gasteiger partial charge on any atom is 0.335 e. The first-order chi connectivity index (χ1) is 17.4. The van der Waals surface area contributed by atoms with Gasteiger partial charge in [-0.05, 0) is 28.2 Å². The van der Waals surface area contributed by atoms with Crippen molar-refractivity contribution in [2.24, 2.45) is 0 Å². The summed E-state index contributed by atoms with van der Waals surface area (Å²) in [7, 11) is -8.03. The molecule has 0 saturated carbocycles. The van der Waals surface area contributed by atoms with Gasteiger partial charge < -0.3 is 17.7 Å². The molecule has 0 radical (unpaired) electrons. The SMILES string of the molecule is CC(C)[Si]1(C(C)C)OC[C@H]2O[C@@H](N3C=CC(=O)CC3=O)[C@@](F)(C#C[Si](C)(C)C)[C@@H]2O[Si](C(C)C)(C(C)C)O1. The van der Waals surface area contributed by atoms with Gasteiger partial charge in [-0.3, -0.25) is 14.5 Å². The molecule has 7 nitrogen and oxygen atoms in total. The number of nitrogens with zero attached hydrogens (tertiary/aromatic N) is 1. The van der Waals surface area contributed by atoms with E-state index in [1.54, 1.807) is 0 Å². The number of hydrogen-bond donors (Lipinski definition) is 0. The highest BCUT2D eigenvalue weighted by Gasteiger charge is 2.67. The van der Waals surface area contributed by atoms with Gasteiger partial charge in [0.1, 0.15) is 20.3 Å². The first kappa shape index (κ1) is 31.4. The maximum absolute atomic E-state index is 17.6. The number of ketones is 1. The molecule has 2 saturated heterocycles. The molecule has 3 aliphatic heterocycles. The van der Waals surface area contributed by atoms with Crippen molar-refractivity contribution in [3.63, 3.8) is 0 Å². The summed E-state index contributed by atoms with van der Waals surface area (Å²) in [5.74, 6) is 2.07. The fraction of sp³-hybridized carbons (Fsp3) is 0.778. The Morgan fingerprint density at radius 2 is 1.55 bits per heavy atom. The highest BCUT2D eigenvalue weighted by molar-refractivity contribution is 6.84. The van der Waals surface area contributed by atoms with Gasteiger partial charge in [-0.1, -0.05) is 81.0 Å². The number of alkyl halides is 1. The average molecular weight is 584 g/mol. The lowest BCUT2D eigenvalue weighted by molar-refractivity contribution is -0.148. The van der Waals surface area contributed by atoms with E-state index in [0.29, 0.717) is 0 Å². The minimum absolute atomic E-state index is 0.00314. The molecule has 0 aromatic heterocycles. The van der Waals surface area contributed by atoms with Crippen LogP contribution in [0.15, 0.2) is 12.3 Å². The Labute approximate surface area is 231 Å². The molecule has 3 heterocycles. The van der Waals surface area contributed by atoms with Crippen LogP contribution in [0, 0.1) is 11.5 Å². The van der Waals surface area contributed by atoms with Crippen LogP contribution in [0.25, 0.3) is 0 Å². The van der Waals surface area contributed by atoms with Gasteiger partial charge in [0.15, 0.2) is 12.0 Å². The van der Waals surface area contributed by atoms with Gasteiger partial charge >= 0.3 is 17.1 Å². The highest BCUT2D eigenvalue weighted by Crippen LogP contribution is 2.50. The van der Waals surface area contributed by atoms with Crippen LogP contribution in [0.3, 0.4) is 0 Å². The lowest BCUT2D eigenvalue weighted by Crippen LogP contribution is -2.67. The first-order valence-electron chi connectivity index (χ1n) is 13.8. The quantitative estimate of drug-likeness (QED) is 0.239. The lowest BCUT2D eigenvalue weighted by Gasteiger charge is -2.51. The minimum atomic E-state index is -3.15. The van der Waals surface area contributed by atoms with Crippen LogP contribution in [-0.4, -0.2) is 72.5 Å².